The molecule has 0 spiro atoms. The lowest BCUT2D eigenvalue weighted by molar-refractivity contribution is -0.870. The van der Waals surface area contributed by atoms with Crippen molar-refractivity contribution in [1.29, 1.82) is 0 Å². The van der Waals surface area contributed by atoms with Crippen LogP contribution in [0.2, 0.25) is 0 Å². The number of phosphoric ester groups is 1. The molecule has 0 aromatic rings. The Morgan fingerprint density at radius 1 is 0.372 bits per heavy atom. The molecule has 0 aliphatic carbocycles. The van der Waals surface area contributed by atoms with Crippen LogP contribution in [0, 0.1) is 0 Å². The number of quaternary nitrogens is 1. The first-order valence-electron chi connectivity index (χ1n) is 35.6. The minimum Gasteiger partial charge on any atom is -0.462 e. The van der Waals surface area contributed by atoms with Crippen LogP contribution in [-0.4, -0.2) is 74.9 Å². The molecule has 0 rings (SSSR count). The van der Waals surface area contributed by atoms with Gasteiger partial charge in [-0.1, -0.05) is 303 Å². The Labute approximate surface area is 531 Å². The summed E-state index contributed by atoms with van der Waals surface area (Å²) in [5.41, 5.74) is 0. The van der Waals surface area contributed by atoms with Crippen LogP contribution in [0.3, 0.4) is 0 Å². The van der Waals surface area contributed by atoms with Crippen LogP contribution in [0.25, 0.3) is 0 Å². The molecule has 0 bridgehead atoms. The van der Waals surface area contributed by atoms with Crippen LogP contribution in [-0.2, 0) is 32.7 Å². The third-order valence-corrected chi connectivity index (χ3v) is 16.3. The molecule has 0 aromatic heterocycles. The lowest BCUT2D eigenvalue weighted by Crippen LogP contribution is -2.37. The minimum absolute atomic E-state index is 0.0234. The van der Waals surface area contributed by atoms with E-state index >= 15 is 0 Å². The van der Waals surface area contributed by atoms with Crippen LogP contribution in [0.15, 0.2) is 109 Å². The summed E-state index contributed by atoms with van der Waals surface area (Å²) in [6, 6.07) is 0. The molecule has 0 amide bonds. The average molecular weight is 1220 g/mol. The summed E-state index contributed by atoms with van der Waals surface area (Å²) < 4.78 is 34.7. The number of unbranched alkanes of at least 4 members (excludes halogenated alkanes) is 33. The maximum Gasteiger partial charge on any atom is 0.472 e. The fraction of sp³-hybridized carbons (Fsp3) is 0.737. The van der Waals surface area contributed by atoms with Gasteiger partial charge in [-0.05, 0) is 103 Å². The van der Waals surface area contributed by atoms with Crippen LogP contribution in [0.1, 0.15) is 309 Å². The molecule has 2 unspecified atom stereocenters. The van der Waals surface area contributed by atoms with Gasteiger partial charge in [-0.2, -0.15) is 0 Å². The second kappa shape index (κ2) is 66.1. The summed E-state index contributed by atoms with van der Waals surface area (Å²) in [5.74, 6) is -0.815. The summed E-state index contributed by atoms with van der Waals surface area (Å²) >= 11 is 0. The summed E-state index contributed by atoms with van der Waals surface area (Å²) in [7, 11) is 1.46. The Morgan fingerprint density at radius 3 is 0.988 bits per heavy atom. The molecule has 0 heterocycles. The number of nitrogens with zero attached hydrogens (tertiary/aromatic N) is 1. The van der Waals surface area contributed by atoms with Gasteiger partial charge in [0, 0.05) is 12.8 Å². The molecule has 10 heteroatoms. The Kier molecular flexibility index (Phi) is 63.5. The molecule has 86 heavy (non-hydrogen) atoms. The fourth-order valence-corrected chi connectivity index (χ4v) is 10.6. The molecule has 0 aromatic carbocycles. The zero-order valence-electron chi connectivity index (χ0n) is 56.5. The summed E-state index contributed by atoms with van der Waals surface area (Å²) in [6.07, 6.45) is 93.4. The lowest BCUT2D eigenvalue weighted by Gasteiger charge is -2.24. The SMILES string of the molecule is CC/C=C\C/C=C\C/C=C\C/C=C\C/C=C\C/C=C\C/C=C\CCCCCCCC(=O)OC(COC(=O)CCCCCCCCCCCCCCCCCCCCCCCCC/C=C\C/C=C\CCCCCCC)COP(=O)(O)OCC[N+](C)(C)C. The van der Waals surface area contributed by atoms with Gasteiger partial charge in [0.1, 0.15) is 19.8 Å². The third kappa shape index (κ3) is 69.8. The number of allylic oxidation sites excluding steroid dienone is 18. The van der Waals surface area contributed by atoms with Crippen molar-refractivity contribution in [3.05, 3.63) is 109 Å². The van der Waals surface area contributed by atoms with E-state index in [1.807, 2.05) is 21.1 Å². The van der Waals surface area contributed by atoms with Crippen molar-refractivity contribution in [2.75, 3.05) is 47.5 Å². The molecule has 0 saturated carbocycles. The summed E-state index contributed by atoms with van der Waals surface area (Å²) in [6.45, 7) is 4.31. The molecule has 0 aliphatic rings. The summed E-state index contributed by atoms with van der Waals surface area (Å²) in [4.78, 5) is 35.9. The number of carbonyl (C=O) groups is 2. The van der Waals surface area contributed by atoms with E-state index in [0.29, 0.717) is 17.4 Å². The molecule has 1 N–H and O–H groups in total. The monoisotopic (exact) mass is 1220 g/mol. The van der Waals surface area contributed by atoms with E-state index in [2.05, 4.69) is 123 Å². The smallest absolute Gasteiger partial charge is 0.462 e. The van der Waals surface area contributed by atoms with Crippen LogP contribution in [0.5, 0.6) is 0 Å². The Morgan fingerprint density at radius 2 is 0.663 bits per heavy atom. The van der Waals surface area contributed by atoms with E-state index in [-0.39, 0.29) is 32.0 Å². The average Bonchev–Trinajstić information content (AvgIpc) is 3.53. The number of phosphoric acid groups is 1. The normalized spacial score (nSPS) is 13.8. The van der Waals surface area contributed by atoms with Crippen molar-refractivity contribution < 1.29 is 42.1 Å². The van der Waals surface area contributed by atoms with Gasteiger partial charge in [-0.15, -0.1) is 0 Å². The Balaban J connectivity index is 4.05. The van der Waals surface area contributed by atoms with E-state index in [9.17, 15) is 19.0 Å². The molecule has 0 fully saturated rings. The molecule has 0 aliphatic heterocycles. The lowest BCUT2D eigenvalue weighted by atomic mass is 10.0. The summed E-state index contributed by atoms with van der Waals surface area (Å²) in [5, 5.41) is 0. The van der Waals surface area contributed by atoms with Crippen LogP contribution < -0.4 is 0 Å². The second-order valence-electron chi connectivity index (χ2n) is 24.9. The van der Waals surface area contributed by atoms with Crippen molar-refractivity contribution in [2.45, 2.75) is 315 Å². The molecular weight excluding hydrogens is 1090 g/mol. The zero-order valence-corrected chi connectivity index (χ0v) is 57.4. The maximum absolute atomic E-state index is 12.9. The Bertz CT molecular complexity index is 1820. The van der Waals surface area contributed by atoms with Crippen molar-refractivity contribution in [3.63, 3.8) is 0 Å². The number of esters is 2. The second-order valence-corrected chi connectivity index (χ2v) is 26.3. The topological polar surface area (TPSA) is 108 Å². The van der Waals surface area contributed by atoms with Gasteiger partial charge in [0.15, 0.2) is 6.10 Å². The first kappa shape index (κ1) is 82.7. The highest BCUT2D eigenvalue weighted by atomic mass is 31.2. The van der Waals surface area contributed by atoms with Crippen molar-refractivity contribution >= 4 is 19.8 Å². The van der Waals surface area contributed by atoms with Crippen molar-refractivity contribution in [1.82, 2.24) is 0 Å². The quantitative estimate of drug-likeness (QED) is 0.0211. The van der Waals surface area contributed by atoms with E-state index in [0.717, 1.165) is 103 Å². The van der Waals surface area contributed by atoms with E-state index < -0.39 is 26.5 Å². The Hall–Kier alpha value is -3.33. The maximum atomic E-state index is 12.9. The largest absolute Gasteiger partial charge is 0.472 e. The molecule has 9 nitrogen and oxygen atoms in total. The van der Waals surface area contributed by atoms with Gasteiger partial charge >= 0.3 is 19.8 Å². The molecule has 496 valence electrons. The number of ether oxygens (including phenoxy) is 2. The fourth-order valence-electron chi connectivity index (χ4n) is 9.85. The van der Waals surface area contributed by atoms with E-state index in [1.165, 1.54) is 173 Å². The van der Waals surface area contributed by atoms with Gasteiger partial charge in [0.2, 0.25) is 0 Å². The number of carbonyl (C=O) groups excluding carboxylic acids is 2. The predicted octanol–water partition coefficient (Wildman–Crippen LogP) is 23.3. The molecule has 0 radical (unpaired) electrons. The minimum atomic E-state index is -4.40. The number of likely N-dealkylation sites (N-methyl/N-ethyl adjacent to an activating group) is 1. The standard InChI is InChI=1S/C76H134NO8P/c1-6-8-10-12-14-16-18-20-22-24-26-28-30-32-34-35-36-37-38-39-40-41-43-44-46-48-50-52-54-56-58-60-62-64-66-68-75(78)82-72-74(73-84-86(80,81)83-71-70-77(3,4)5)85-76(79)69-67-65-63-61-59-57-55-53-51-49-47-45-42-33-31-29-27-25-23-21-19-17-15-13-11-9-7-2/h9,11,15,17-18,20-21,23-24,26-27,29,33,42,47,49,53,55,74H,6-8,10,12-14,16,19,22,25,28,30-32,34-41,43-46,48,50-52,54,56-73H2,1-5H3/p+1/b11-9-,17-15-,20-18-,23-21-,26-24-,29-27-,42-33-,49-47-,55-53-. The highest BCUT2D eigenvalue weighted by Crippen LogP contribution is 2.43. The first-order valence-corrected chi connectivity index (χ1v) is 37.1. The van der Waals surface area contributed by atoms with Crippen molar-refractivity contribution in [2.24, 2.45) is 0 Å². The van der Waals surface area contributed by atoms with E-state index in [1.54, 1.807) is 0 Å². The van der Waals surface area contributed by atoms with Gasteiger partial charge in [-0.25, -0.2) is 4.57 Å². The number of hydrogen-bond donors (Lipinski definition) is 1. The van der Waals surface area contributed by atoms with Gasteiger partial charge < -0.3 is 18.9 Å². The van der Waals surface area contributed by atoms with E-state index in [4.69, 9.17) is 18.5 Å². The van der Waals surface area contributed by atoms with Gasteiger partial charge in [0.05, 0.1) is 27.7 Å². The third-order valence-electron chi connectivity index (χ3n) is 15.3. The van der Waals surface area contributed by atoms with Crippen molar-refractivity contribution in [3.8, 4) is 0 Å². The first-order chi connectivity index (χ1) is 42.0. The number of hydrogen-bond acceptors (Lipinski definition) is 7. The highest BCUT2D eigenvalue weighted by molar-refractivity contribution is 7.47. The van der Waals surface area contributed by atoms with Gasteiger partial charge in [0.25, 0.3) is 0 Å². The predicted molar refractivity (Wildman–Crippen MR) is 371 cm³/mol. The van der Waals surface area contributed by atoms with Crippen LogP contribution >= 0.6 is 7.82 Å². The highest BCUT2D eigenvalue weighted by Gasteiger charge is 2.27. The van der Waals surface area contributed by atoms with Crippen LogP contribution in [0.4, 0.5) is 0 Å². The number of rotatable bonds is 65. The molecule has 2 atom stereocenters. The van der Waals surface area contributed by atoms with Gasteiger partial charge in [-0.3, -0.25) is 18.6 Å². The zero-order chi connectivity index (χ0) is 62.6. The molecular formula is C76H135NO8P+. The molecule has 0 saturated heterocycles.